The van der Waals surface area contributed by atoms with Crippen molar-refractivity contribution in [3.8, 4) is 0 Å². The Kier molecular flexibility index (Phi) is 5.39. The highest BCUT2D eigenvalue weighted by molar-refractivity contribution is 6.43. The molecule has 0 aliphatic rings. The van der Waals surface area contributed by atoms with Gasteiger partial charge in [0, 0.05) is 11.1 Å². The first-order valence-electron chi connectivity index (χ1n) is 5.31. The third-order valence-corrected chi connectivity index (χ3v) is 3.51. The van der Waals surface area contributed by atoms with Gasteiger partial charge in [0.2, 0.25) is 0 Å². The van der Waals surface area contributed by atoms with Gasteiger partial charge < -0.3 is 5.73 Å². The van der Waals surface area contributed by atoms with Gasteiger partial charge in [-0.1, -0.05) is 48.7 Å². The minimum absolute atomic E-state index is 0.105. The fourth-order valence-electron chi connectivity index (χ4n) is 1.51. The van der Waals surface area contributed by atoms with Crippen molar-refractivity contribution >= 4 is 34.8 Å². The van der Waals surface area contributed by atoms with Crippen LogP contribution in [0.1, 0.15) is 38.3 Å². The van der Waals surface area contributed by atoms with Crippen LogP contribution in [-0.2, 0) is 0 Å². The van der Waals surface area contributed by atoms with Gasteiger partial charge in [-0.25, -0.2) is 0 Å². The van der Waals surface area contributed by atoms with Gasteiger partial charge in [-0.2, -0.15) is 0 Å². The van der Waals surface area contributed by atoms with E-state index in [-0.39, 0.29) is 6.04 Å². The minimum atomic E-state index is -0.105. The van der Waals surface area contributed by atoms with Crippen molar-refractivity contribution in [1.82, 2.24) is 0 Å². The Labute approximate surface area is 112 Å². The number of benzene rings is 1. The van der Waals surface area contributed by atoms with Crippen LogP contribution >= 0.6 is 34.8 Å². The number of halogens is 3. The molecule has 1 aromatic carbocycles. The maximum atomic E-state index is 6.10. The lowest BCUT2D eigenvalue weighted by Gasteiger charge is -2.16. The van der Waals surface area contributed by atoms with Gasteiger partial charge >= 0.3 is 0 Å². The first-order chi connectivity index (χ1) is 7.41. The molecule has 0 radical (unpaired) electrons. The molecule has 0 aliphatic carbocycles. The zero-order valence-electron chi connectivity index (χ0n) is 9.43. The van der Waals surface area contributed by atoms with Crippen LogP contribution in [0.2, 0.25) is 15.1 Å². The number of hydrogen-bond acceptors (Lipinski definition) is 1. The average Bonchev–Trinajstić information content (AvgIpc) is 2.19. The molecule has 0 fully saturated rings. The first-order valence-corrected chi connectivity index (χ1v) is 6.45. The van der Waals surface area contributed by atoms with E-state index in [0.717, 1.165) is 18.4 Å². The van der Waals surface area contributed by atoms with Gasteiger partial charge in [-0.05, 0) is 36.5 Å². The lowest BCUT2D eigenvalue weighted by Crippen LogP contribution is -2.12. The van der Waals surface area contributed by atoms with E-state index >= 15 is 0 Å². The van der Waals surface area contributed by atoms with E-state index in [4.69, 9.17) is 40.5 Å². The summed E-state index contributed by atoms with van der Waals surface area (Å²) < 4.78 is 0. The fraction of sp³-hybridized carbons (Fsp3) is 0.500. The highest BCUT2D eigenvalue weighted by atomic mass is 35.5. The molecular formula is C12H16Cl3N. The lowest BCUT2D eigenvalue weighted by atomic mass is 9.98. The summed E-state index contributed by atoms with van der Waals surface area (Å²) in [7, 11) is 0. The van der Waals surface area contributed by atoms with Crippen molar-refractivity contribution in [2.75, 3.05) is 0 Å². The summed E-state index contributed by atoms with van der Waals surface area (Å²) in [5.41, 5.74) is 6.91. The van der Waals surface area contributed by atoms with Crippen LogP contribution in [0.25, 0.3) is 0 Å². The van der Waals surface area contributed by atoms with Crippen LogP contribution in [0.15, 0.2) is 12.1 Å². The topological polar surface area (TPSA) is 26.0 Å². The molecule has 0 amide bonds. The van der Waals surface area contributed by atoms with Crippen molar-refractivity contribution in [3.63, 3.8) is 0 Å². The zero-order valence-corrected chi connectivity index (χ0v) is 11.7. The van der Waals surface area contributed by atoms with E-state index < -0.39 is 0 Å². The summed E-state index contributed by atoms with van der Waals surface area (Å²) in [4.78, 5) is 0. The third-order valence-electron chi connectivity index (χ3n) is 2.48. The predicted molar refractivity (Wildman–Crippen MR) is 72.5 cm³/mol. The van der Waals surface area contributed by atoms with Crippen LogP contribution in [-0.4, -0.2) is 0 Å². The van der Waals surface area contributed by atoms with Crippen LogP contribution in [0, 0.1) is 5.92 Å². The molecule has 1 rings (SSSR count). The Morgan fingerprint density at radius 2 is 1.75 bits per heavy atom. The molecule has 4 heteroatoms. The Bertz CT molecular complexity index is 364. The quantitative estimate of drug-likeness (QED) is 0.764. The second-order valence-corrected chi connectivity index (χ2v) is 5.59. The van der Waals surface area contributed by atoms with Crippen molar-refractivity contribution in [2.45, 2.75) is 32.7 Å². The highest BCUT2D eigenvalue weighted by Gasteiger charge is 2.14. The molecule has 1 atom stereocenters. The maximum absolute atomic E-state index is 6.10. The van der Waals surface area contributed by atoms with Crippen molar-refractivity contribution in [3.05, 3.63) is 32.8 Å². The molecule has 16 heavy (non-hydrogen) atoms. The lowest BCUT2D eigenvalue weighted by molar-refractivity contribution is 0.507. The minimum Gasteiger partial charge on any atom is -0.324 e. The number of rotatable bonds is 4. The monoisotopic (exact) mass is 279 g/mol. The van der Waals surface area contributed by atoms with Crippen LogP contribution < -0.4 is 5.73 Å². The van der Waals surface area contributed by atoms with Gasteiger partial charge in [-0.15, -0.1) is 0 Å². The van der Waals surface area contributed by atoms with E-state index in [2.05, 4.69) is 13.8 Å². The second kappa shape index (κ2) is 6.11. The largest absolute Gasteiger partial charge is 0.324 e. The van der Waals surface area contributed by atoms with Crippen molar-refractivity contribution in [2.24, 2.45) is 11.7 Å². The zero-order chi connectivity index (χ0) is 12.3. The fourth-order valence-corrected chi connectivity index (χ4v) is 2.27. The van der Waals surface area contributed by atoms with Crippen LogP contribution in [0.4, 0.5) is 0 Å². The van der Waals surface area contributed by atoms with E-state index in [1.807, 2.05) is 0 Å². The molecule has 0 saturated carbocycles. The summed E-state index contributed by atoms with van der Waals surface area (Å²) in [5.74, 6) is 0.625. The summed E-state index contributed by atoms with van der Waals surface area (Å²) in [6.07, 6.45) is 1.94. The maximum Gasteiger partial charge on any atom is 0.0641 e. The molecule has 0 saturated heterocycles. The first kappa shape index (κ1) is 14.1. The molecule has 0 bridgehead atoms. The molecule has 90 valence electrons. The molecule has 0 aliphatic heterocycles. The summed E-state index contributed by atoms with van der Waals surface area (Å²) in [5, 5.41) is 1.55. The molecule has 0 spiro atoms. The van der Waals surface area contributed by atoms with Crippen molar-refractivity contribution in [1.29, 1.82) is 0 Å². The average molecular weight is 281 g/mol. The molecule has 0 unspecified atom stereocenters. The predicted octanol–water partition coefficient (Wildman–Crippen LogP) is 5.08. The summed E-state index contributed by atoms with van der Waals surface area (Å²) >= 11 is 18.0. The second-order valence-electron chi connectivity index (χ2n) is 4.37. The Balaban J connectivity index is 2.86. The van der Waals surface area contributed by atoms with E-state index in [9.17, 15) is 0 Å². The molecule has 2 N–H and O–H groups in total. The van der Waals surface area contributed by atoms with Crippen LogP contribution in [0.5, 0.6) is 0 Å². The van der Waals surface area contributed by atoms with Gasteiger partial charge in [0.25, 0.3) is 0 Å². The molecule has 1 aromatic rings. The van der Waals surface area contributed by atoms with Gasteiger partial charge in [0.05, 0.1) is 10.0 Å². The van der Waals surface area contributed by atoms with Crippen molar-refractivity contribution < 1.29 is 0 Å². The SMILES string of the molecule is CC(C)CC[C@@H](N)c1cc(Cl)cc(Cl)c1Cl. The van der Waals surface area contributed by atoms with E-state index in [0.29, 0.717) is 21.0 Å². The van der Waals surface area contributed by atoms with Gasteiger partial charge in [0.1, 0.15) is 0 Å². The standard InChI is InChI=1S/C12H16Cl3N/c1-7(2)3-4-11(16)9-5-8(13)6-10(14)12(9)15/h5-7,11H,3-4,16H2,1-2H3/t11-/m1/s1. The van der Waals surface area contributed by atoms with E-state index in [1.165, 1.54) is 0 Å². The van der Waals surface area contributed by atoms with Crippen LogP contribution in [0.3, 0.4) is 0 Å². The normalized spacial score (nSPS) is 13.2. The Hall–Kier alpha value is 0.0500. The van der Waals surface area contributed by atoms with Gasteiger partial charge in [0.15, 0.2) is 0 Å². The molecule has 1 nitrogen and oxygen atoms in total. The van der Waals surface area contributed by atoms with E-state index in [1.54, 1.807) is 12.1 Å². The number of nitrogens with two attached hydrogens (primary N) is 1. The Morgan fingerprint density at radius 3 is 2.31 bits per heavy atom. The molecule has 0 heterocycles. The summed E-state index contributed by atoms with van der Waals surface area (Å²) in [6.45, 7) is 4.33. The highest BCUT2D eigenvalue weighted by Crippen LogP contribution is 2.34. The molecule has 0 aromatic heterocycles. The van der Waals surface area contributed by atoms with Gasteiger partial charge in [-0.3, -0.25) is 0 Å². The number of hydrogen-bond donors (Lipinski definition) is 1. The summed E-state index contributed by atoms with van der Waals surface area (Å²) in [6, 6.07) is 3.32. The Morgan fingerprint density at radius 1 is 1.12 bits per heavy atom. The smallest absolute Gasteiger partial charge is 0.0641 e. The molecular weight excluding hydrogens is 264 g/mol. The third kappa shape index (κ3) is 3.81.